The van der Waals surface area contributed by atoms with E-state index in [0.29, 0.717) is 6.42 Å². The van der Waals surface area contributed by atoms with E-state index >= 15 is 0 Å². The van der Waals surface area contributed by atoms with Crippen LogP contribution in [0.15, 0.2) is 16.6 Å². The van der Waals surface area contributed by atoms with Crippen LogP contribution in [0.1, 0.15) is 26.7 Å². The molecule has 19 heavy (non-hydrogen) atoms. The molecular formula is C13H16BrF2NO2. The summed E-state index contributed by atoms with van der Waals surface area (Å²) in [4.78, 5) is 11.7. The van der Waals surface area contributed by atoms with Crippen LogP contribution >= 0.6 is 15.9 Å². The van der Waals surface area contributed by atoms with Gasteiger partial charge in [0.2, 0.25) is 0 Å². The van der Waals surface area contributed by atoms with Gasteiger partial charge < -0.3 is 10.1 Å². The fraction of sp³-hybridized carbons (Fsp3) is 0.462. The summed E-state index contributed by atoms with van der Waals surface area (Å²) in [7, 11) is 0. The quantitative estimate of drug-likeness (QED) is 0.633. The zero-order valence-corrected chi connectivity index (χ0v) is 12.4. The molecule has 1 aromatic carbocycles. The number of esters is 1. The van der Waals surface area contributed by atoms with E-state index in [1.165, 1.54) is 6.07 Å². The number of benzene rings is 1. The van der Waals surface area contributed by atoms with E-state index < -0.39 is 23.6 Å². The van der Waals surface area contributed by atoms with E-state index in [-0.39, 0.29) is 16.8 Å². The number of ether oxygens (including phenoxy) is 1. The molecule has 106 valence electrons. The zero-order valence-electron chi connectivity index (χ0n) is 10.8. The van der Waals surface area contributed by atoms with Gasteiger partial charge in [-0.15, -0.1) is 0 Å². The van der Waals surface area contributed by atoms with Crippen molar-refractivity contribution in [2.45, 2.75) is 32.7 Å². The Hall–Kier alpha value is -1.17. The Bertz CT molecular complexity index is 455. The first-order valence-electron chi connectivity index (χ1n) is 6.07. The molecule has 3 nitrogen and oxygen atoms in total. The molecule has 0 spiro atoms. The van der Waals surface area contributed by atoms with Crippen LogP contribution in [0.2, 0.25) is 0 Å². The van der Waals surface area contributed by atoms with Crippen molar-refractivity contribution in [3.63, 3.8) is 0 Å². The average molecular weight is 336 g/mol. The van der Waals surface area contributed by atoms with Crippen LogP contribution in [0.5, 0.6) is 0 Å². The lowest BCUT2D eigenvalue weighted by Crippen LogP contribution is -2.31. The minimum atomic E-state index is -0.744. The summed E-state index contributed by atoms with van der Waals surface area (Å²) in [6.07, 6.45) is 1.24. The molecule has 0 heterocycles. The third-order valence-corrected chi connectivity index (χ3v) is 3.10. The van der Waals surface area contributed by atoms with E-state index in [9.17, 15) is 13.6 Å². The van der Waals surface area contributed by atoms with Gasteiger partial charge in [0, 0.05) is 6.07 Å². The van der Waals surface area contributed by atoms with Crippen molar-refractivity contribution in [3.05, 3.63) is 28.2 Å². The molecule has 1 N–H and O–H groups in total. The van der Waals surface area contributed by atoms with Gasteiger partial charge in [-0.3, -0.25) is 0 Å². The first-order chi connectivity index (χ1) is 8.99. The van der Waals surface area contributed by atoms with E-state index in [4.69, 9.17) is 4.74 Å². The smallest absolute Gasteiger partial charge is 0.328 e. The Morgan fingerprint density at radius 2 is 2.05 bits per heavy atom. The molecule has 0 saturated heterocycles. The van der Waals surface area contributed by atoms with Gasteiger partial charge in [-0.1, -0.05) is 13.3 Å². The molecule has 1 atom stereocenters. The normalized spacial score (nSPS) is 12.1. The lowest BCUT2D eigenvalue weighted by atomic mass is 10.1. The SMILES string of the molecule is CCCC(Nc1cc(Br)c(F)cc1F)C(=O)OCC. The highest BCUT2D eigenvalue weighted by Crippen LogP contribution is 2.24. The second kappa shape index (κ2) is 7.43. The highest BCUT2D eigenvalue weighted by molar-refractivity contribution is 9.10. The predicted molar refractivity (Wildman–Crippen MR) is 73.0 cm³/mol. The summed E-state index contributed by atoms with van der Waals surface area (Å²) in [6.45, 7) is 3.87. The van der Waals surface area contributed by atoms with Gasteiger partial charge in [0.25, 0.3) is 0 Å². The van der Waals surface area contributed by atoms with Gasteiger partial charge in [-0.25, -0.2) is 13.6 Å². The summed E-state index contributed by atoms with van der Waals surface area (Å²) >= 11 is 2.98. The maximum Gasteiger partial charge on any atom is 0.328 e. The van der Waals surface area contributed by atoms with Crippen LogP contribution in [0, 0.1) is 11.6 Å². The number of hydrogen-bond acceptors (Lipinski definition) is 3. The first-order valence-corrected chi connectivity index (χ1v) is 6.86. The number of nitrogens with one attached hydrogen (secondary N) is 1. The zero-order chi connectivity index (χ0) is 14.4. The molecule has 1 rings (SSSR count). The van der Waals surface area contributed by atoms with Crippen molar-refractivity contribution in [1.29, 1.82) is 0 Å². The summed E-state index contributed by atoms with van der Waals surface area (Å²) in [5.74, 6) is -1.87. The van der Waals surface area contributed by atoms with Crippen molar-refractivity contribution in [3.8, 4) is 0 Å². The van der Waals surface area contributed by atoms with Gasteiger partial charge in [0.1, 0.15) is 17.7 Å². The Morgan fingerprint density at radius 3 is 2.63 bits per heavy atom. The molecule has 1 unspecified atom stereocenters. The van der Waals surface area contributed by atoms with Gasteiger partial charge >= 0.3 is 5.97 Å². The molecule has 0 fully saturated rings. The van der Waals surface area contributed by atoms with Crippen molar-refractivity contribution in [1.82, 2.24) is 0 Å². The average Bonchev–Trinajstić information content (AvgIpc) is 2.35. The molecule has 0 amide bonds. The van der Waals surface area contributed by atoms with E-state index in [1.807, 2.05) is 6.92 Å². The number of carbonyl (C=O) groups excluding carboxylic acids is 1. The van der Waals surface area contributed by atoms with Crippen LogP contribution in [-0.4, -0.2) is 18.6 Å². The largest absolute Gasteiger partial charge is 0.464 e. The van der Waals surface area contributed by atoms with Crippen molar-refractivity contribution in [2.24, 2.45) is 0 Å². The molecule has 6 heteroatoms. The number of hydrogen-bond donors (Lipinski definition) is 1. The Labute approximate surface area is 119 Å². The number of halogens is 3. The van der Waals surface area contributed by atoms with Crippen LogP contribution in [0.4, 0.5) is 14.5 Å². The molecular weight excluding hydrogens is 320 g/mol. The fourth-order valence-corrected chi connectivity index (χ4v) is 1.94. The van der Waals surface area contributed by atoms with Gasteiger partial charge in [-0.2, -0.15) is 0 Å². The number of anilines is 1. The van der Waals surface area contributed by atoms with Crippen molar-refractivity contribution in [2.75, 3.05) is 11.9 Å². The Kier molecular flexibility index (Phi) is 6.21. The lowest BCUT2D eigenvalue weighted by molar-refractivity contribution is -0.144. The van der Waals surface area contributed by atoms with Gasteiger partial charge in [-0.05, 0) is 35.3 Å². The topological polar surface area (TPSA) is 38.3 Å². The predicted octanol–water partition coefficient (Wildman–Crippen LogP) is 3.87. The second-order valence-corrected chi connectivity index (χ2v) is 4.84. The molecule has 0 aromatic heterocycles. The maximum atomic E-state index is 13.6. The van der Waals surface area contributed by atoms with Gasteiger partial charge in [0.05, 0.1) is 16.8 Å². The molecule has 0 radical (unpaired) electrons. The fourth-order valence-electron chi connectivity index (χ4n) is 1.60. The van der Waals surface area contributed by atoms with Crippen LogP contribution < -0.4 is 5.32 Å². The molecule has 0 aliphatic carbocycles. The summed E-state index contributed by atoms with van der Waals surface area (Å²) in [5, 5.41) is 2.75. The molecule has 1 aromatic rings. The molecule has 0 aliphatic heterocycles. The second-order valence-electron chi connectivity index (χ2n) is 3.98. The van der Waals surface area contributed by atoms with Crippen LogP contribution in [0.3, 0.4) is 0 Å². The standard InChI is InChI=1S/C13H16BrF2NO2/c1-3-5-11(13(18)19-4-2)17-12-6-8(14)9(15)7-10(12)16/h6-7,11,17H,3-5H2,1-2H3. The van der Waals surface area contributed by atoms with Crippen LogP contribution in [0.25, 0.3) is 0 Å². The molecule has 0 saturated carbocycles. The summed E-state index contributed by atoms with van der Waals surface area (Å²) < 4.78 is 31.8. The maximum absolute atomic E-state index is 13.6. The Balaban J connectivity index is 2.90. The lowest BCUT2D eigenvalue weighted by Gasteiger charge is -2.18. The number of carbonyl (C=O) groups is 1. The van der Waals surface area contributed by atoms with E-state index in [1.54, 1.807) is 6.92 Å². The highest BCUT2D eigenvalue weighted by Gasteiger charge is 2.20. The monoisotopic (exact) mass is 335 g/mol. The Morgan fingerprint density at radius 1 is 1.37 bits per heavy atom. The highest BCUT2D eigenvalue weighted by atomic mass is 79.9. The summed E-state index contributed by atoms with van der Waals surface area (Å²) in [6, 6.07) is 1.39. The minimum Gasteiger partial charge on any atom is -0.464 e. The third kappa shape index (κ3) is 4.45. The van der Waals surface area contributed by atoms with Gasteiger partial charge in [0.15, 0.2) is 0 Å². The van der Waals surface area contributed by atoms with Crippen molar-refractivity contribution >= 4 is 27.6 Å². The first kappa shape index (κ1) is 15.9. The van der Waals surface area contributed by atoms with E-state index in [0.717, 1.165) is 12.5 Å². The van der Waals surface area contributed by atoms with Crippen molar-refractivity contribution < 1.29 is 18.3 Å². The van der Waals surface area contributed by atoms with E-state index in [2.05, 4.69) is 21.2 Å². The molecule has 0 bridgehead atoms. The van der Waals surface area contributed by atoms with Crippen LogP contribution in [-0.2, 0) is 9.53 Å². The molecule has 0 aliphatic rings. The third-order valence-electron chi connectivity index (χ3n) is 2.49. The minimum absolute atomic E-state index is 0.0692. The number of rotatable bonds is 6. The summed E-state index contributed by atoms with van der Waals surface area (Å²) in [5.41, 5.74) is 0.0692.